The second-order valence-corrected chi connectivity index (χ2v) is 5.20. The highest BCUT2D eigenvalue weighted by molar-refractivity contribution is 5.96. The van der Waals surface area contributed by atoms with Crippen LogP contribution in [0.1, 0.15) is 19.3 Å². The second kappa shape index (κ2) is 5.57. The first-order valence-corrected chi connectivity index (χ1v) is 6.97. The summed E-state index contributed by atoms with van der Waals surface area (Å²) in [7, 11) is 0. The van der Waals surface area contributed by atoms with E-state index < -0.39 is 0 Å². The van der Waals surface area contributed by atoms with Gasteiger partial charge in [-0.1, -0.05) is 30.4 Å². The number of ether oxygens (including phenoxy) is 1. The topological polar surface area (TPSA) is 29.5 Å². The molecule has 0 spiro atoms. The zero-order valence-electron chi connectivity index (χ0n) is 11.0. The van der Waals surface area contributed by atoms with Gasteiger partial charge in [-0.3, -0.25) is 4.79 Å². The number of allylic oxidation sites excluding steroid dienone is 2. The molecule has 1 heterocycles. The molecule has 3 nitrogen and oxygen atoms in total. The molecule has 0 radical (unpaired) electrons. The predicted molar refractivity (Wildman–Crippen MR) is 75.0 cm³/mol. The van der Waals surface area contributed by atoms with Crippen LogP contribution in [0.15, 0.2) is 42.5 Å². The van der Waals surface area contributed by atoms with Gasteiger partial charge in [0.05, 0.1) is 12.6 Å². The highest BCUT2D eigenvalue weighted by Gasteiger charge is 2.32. The summed E-state index contributed by atoms with van der Waals surface area (Å²) in [6, 6.07) is 10.2. The summed E-state index contributed by atoms with van der Waals surface area (Å²) >= 11 is 0. The second-order valence-electron chi connectivity index (χ2n) is 5.20. The van der Waals surface area contributed by atoms with E-state index in [1.165, 1.54) is 0 Å². The van der Waals surface area contributed by atoms with E-state index in [-0.39, 0.29) is 17.9 Å². The maximum absolute atomic E-state index is 12.8. The van der Waals surface area contributed by atoms with Gasteiger partial charge in [0.2, 0.25) is 5.91 Å². The normalized spacial score (nSPS) is 22.8. The van der Waals surface area contributed by atoms with Crippen LogP contribution in [0.25, 0.3) is 0 Å². The minimum absolute atomic E-state index is 0.112. The molecule has 1 aromatic rings. The molecular formula is C16H19NO2. The summed E-state index contributed by atoms with van der Waals surface area (Å²) in [5.41, 5.74) is 0.995. The van der Waals surface area contributed by atoms with E-state index in [1.54, 1.807) is 0 Å². The zero-order valence-corrected chi connectivity index (χ0v) is 11.0. The summed E-state index contributed by atoms with van der Waals surface area (Å²) in [4.78, 5) is 14.7. The van der Waals surface area contributed by atoms with Crippen LogP contribution in [0.3, 0.4) is 0 Å². The van der Waals surface area contributed by atoms with Crippen molar-refractivity contribution in [2.45, 2.75) is 25.3 Å². The van der Waals surface area contributed by atoms with Gasteiger partial charge in [0.25, 0.3) is 0 Å². The van der Waals surface area contributed by atoms with E-state index in [2.05, 4.69) is 12.2 Å². The lowest BCUT2D eigenvalue weighted by molar-refractivity contribution is -0.122. The molecule has 1 unspecified atom stereocenters. The minimum atomic E-state index is 0.112. The first kappa shape index (κ1) is 12.4. The lowest BCUT2D eigenvalue weighted by Crippen LogP contribution is -2.43. The maximum atomic E-state index is 12.8. The van der Waals surface area contributed by atoms with Crippen molar-refractivity contribution in [2.24, 2.45) is 5.92 Å². The standard InChI is InChI=1S/C16H19NO2/c18-16(13-6-4-5-7-13)17(15-10-11-19-12-15)14-8-2-1-3-9-14/h1-5,8-9,13,15H,6-7,10-12H2. The smallest absolute Gasteiger partial charge is 0.231 e. The van der Waals surface area contributed by atoms with Gasteiger partial charge in [0, 0.05) is 18.2 Å². The Bertz CT molecular complexity index is 455. The number of hydrogen-bond donors (Lipinski definition) is 0. The van der Waals surface area contributed by atoms with E-state index in [0.29, 0.717) is 6.61 Å². The van der Waals surface area contributed by atoms with E-state index in [9.17, 15) is 4.79 Å². The molecular weight excluding hydrogens is 238 g/mol. The molecule has 3 rings (SSSR count). The zero-order chi connectivity index (χ0) is 13.1. The van der Waals surface area contributed by atoms with E-state index in [0.717, 1.165) is 31.6 Å². The minimum Gasteiger partial charge on any atom is -0.379 e. The summed E-state index contributed by atoms with van der Waals surface area (Å²) in [6.07, 6.45) is 6.89. The molecule has 1 fully saturated rings. The largest absolute Gasteiger partial charge is 0.379 e. The average Bonchev–Trinajstić information content (AvgIpc) is 3.13. The van der Waals surface area contributed by atoms with Crippen LogP contribution in [-0.4, -0.2) is 25.2 Å². The highest BCUT2D eigenvalue weighted by Crippen LogP contribution is 2.28. The fraction of sp³-hybridized carbons (Fsp3) is 0.438. The molecule has 3 heteroatoms. The summed E-state index contributed by atoms with van der Waals surface area (Å²) < 4.78 is 5.46. The van der Waals surface area contributed by atoms with Gasteiger partial charge in [-0.25, -0.2) is 0 Å². The van der Waals surface area contributed by atoms with Crippen LogP contribution in [0, 0.1) is 5.92 Å². The fourth-order valence-electron chi connectivity index (χ4n) is 2.85. The number of para-hydroxylation sites is 1. The van der Waals surface area contributed by atoms with Crippen molar-refractivity contribution in [1.29, 1.82) is 0 Å². The predicted octanol–water partition coefficient (Wildman–Crippen LogP) is 2.77. The van der Waals surface area contributed by atoms with E-state index >= 15 is 0 Å². The molecule has 0 N–H and O–H groups in total. The molecule has 0 bridgehead atoms. The molecule has 1 amide bonds. The molecule has 0 saturated carbocycles. The first-order valence-electron chi connectivity index (χ1n) is 6.97. The Morgan fingerprint density at radius 1 is 1.16 bits per heavy atom. The molecule has 1 aliphatic heterocycles. The van der Waals surface area contributed by atoms with Gasteiger partial charge in [-0.2, -0.15) is 0 Å². The Kier molecular flexibility index (Phi) is 3.65. The number of nitrogens with zero attached hydrogens (tertiary/aromatic N) is 1. The quantitative estimate of drug-likeness (QED) is 0.779. The van der Waals surface area contributed by atoms with Gasteiger partial charge < -0.3 is 9.64 Å². The SMILES string of the molecule is O=C(C1CC=CC1)N(c1ccccc1)C1CCOC1. The lowest BCUT2D eigenvalue weighted by Gasteiger charge is -2.30. The van der Waals surface area contributed by atoms with Gasteiger partial charge >= 0.3 is 0 Å². The van der Waals surface area contributed by atoms with Crippen molar-refractivity contribution in [3.05, 3.63) is 42.5 Å². The number of amides is 1. The van der Waals surface area contributed by atoms with Crippen molar-refractivity contribution in [3.8, 4) is 0 Å². The van der Waals surface area contributed by atoms with Crippen LogP contribution in [-0.2, 0) is 9.53 Å². The van der Waals surface area contributed by atoms with Crippen molar-refractivity contribution in [3.63, 3.8) is 0 Å². The van der Waals surface area contributed by atoms with Crippen LogP contribution >= 0.6 is 0 Å². The lowest BCUT2D eigenvalue weighted by atomic mass is 10.0. The average molecular weight is 257 g/mol. The number of hydrogen-bond acceptors (Lipinski definition) is 2. The maximum Gasteiger partial charge on any atom is 0.231 e. The van der Waals surface area contributed by atoms with Crippen molar-refractivity contribution in [1.82, 2.24) is 0 Å². The third kappa shape index (κ3) is 2.56. The van der Waals surface area contributed by atoms with Crippen LogP contribution in [0.5, 0.6) is 0 Å². The van der Waals surface area contributed by atoms with Gasteiger partial charge in [0.15, 0.2) is 0 Å². The Labute approximate surface area is 113 Å². The third-order valence-electron chi connectivity index (χ3n) is 3.90. The van der Waals surface area contributed by atoms with E-state index in [1.807, 2.05) is 35.2 Å². The first-order chi connectivity index (χ1) is 9.36. The van der Waals surface area contributed by atoms with E-state index in [4.69, 9.17) is 4.74 Å². The molecule has 1 atom stereocenters. The number of anilines is 1. The number of benzene rings is 1. The van der Waals surface area contributed by atoms with Gasteiger partial charge in [-0.05, 0) is 31.4 Å². The van der Waals surface area contributed by atoms with Crippen LogP contribution in [0.4, 0.5) is 5.69 Å². The monoisotopic (exact) mass is 257 g/mol. The number of carbonyl (C=O) groups excluding carboxylic acids is 1. The Morgan fingerprint density at radius 2 is 1.89 bits per heavy atom. The Hall–Kier alpha value is -1.61. The van der Waals surface area contributed by atoms with Crippen molar-refractivity contribution in [2.75, 3.05) is 18.1 Å². The van der Waals surface area contributed by atoms with Crippen molar-refractivity contribution >= 4 is 11.6 Å². The van der Waals surface area contributed by atoms with Crippen molar-refractivity contribution < 1.29 is 9.53 Å². The summed E-state index contributed by atoms with van der Waals surface area (Å²) in [5.74, 6) is 0.354. The summed E-state index contributed by atoms with van der Waals surface area (Å²) in [5, 5.41) is 0. The highest BCUT2D eigenvalue weighted by atomic mass is 16.5. The molecule has 100 valence electrons. The molecule has 0 aromatic heterocycles. The summed E-state index contributed by atoms with van der Waals surface area (Å²) in [6.45, 7) is 1.41. The molecule has 1 saturated heterocycles. The Morgan fingerprint density at radius 3 is 2.53 bits per heavy atom. The van der Waals surface area contributed by atoms with Gasteiger partial charge in [0.1, 0.15) is 0 Å². The van der Waals surface area contributed by atoms with Crippen LogP contribution < -0.4 is 4.90 Å². The molecule has 19 heavy (non-hydrogen) atoms. The Balaban J connectivity index is 1.85. The third-order valence-corrected chi connectivity index (χ3v) is 3.90. The fourth-order valence-corrected chi connectivity index (χ4v) is 2.85. The molecule has 1 aromatic carbocycles. The number of rotatable bonds is 3. The van der Waals surface area contributed by atoms with Crippen LogP contribution in [0.2, 0.25) is 0 Å². The number of carbonyl (C=O) groups is 1. The van der Waals surface area contributed by atoms with Gasteiger partial charge in [-0.15, -0.1) is 0 Å². The molecule has 1 aliphatic carbocycles. The molecule has 2 aliphatic rings.